The Morgan fingerprint density at radius 3 is 2.28 bits per heavy atom. The number of carbonyl (C=O) groups excluding carboxylic acids is 1. The minimum atomic E-state index is -0.407. The molecule has 0 aromatic rings. The van der Waals surface area contributed by atoms with Crippen molar-refractivity contribution in [3.63, 3.8) is 0 Å². The van der Waals surface area contributed by atoms with Gasteiger partial charge in [0.25, 0.3) is 6.35 Å². The van der Waals surface area contributed by atoms with E-state index in [2.05, 4.69) is 0 Å². The molecule has 1 aliphatic heterocycles. The molecule has 1 aliphatic rings. The molecule has 0 bridgehead atoms. The van der Waals surface area contributed by atoms with Crippen molar-refractivity contribution in [2.75, 3.05) is 66.4 Å². The van der Waals surface area contributed by atoms with E-state index in [1.807, 2.05) is 36.0 Å². The zero-order chi connectivity index (χ0) is 18.3. The van der Waals surface area contributed by atoms with Crippen LogP contribution >= 0.6 is 0 Å². The Morgan fingerprint density at radius 2 is 1.60 bits per heavy atom. The summed E-state index contributed by atoms with van der Waals surface area (Å²) in [5.74, 6) is -0.283. The van der Waals surface area contributed by atoms with E-state index < -0.39 is 6.35 Å². The van der Waals surface area contributed by atoms with Crippen LogP contribution in [0.15, 0.2) is 12.4 Å². The quantitative estimate of drug-likeness (QED) is 0.317. The van der Waals surface area contributed by atoms with Gasteiger partial charge in [0.15, 0.2) is 0 Å². The van der Waals surface area contributed by atoms with Crippen molar-refractivity contribution in [3.05, 3.63) is 12.4 Å². The zero-order valence-corrected chi connectivity index (χ0v) is 15.6. The molecule has 0 amide bonds. The molecule has 8 heteroatoms. The van der Waals surface area contributed by atoms with Gasteiger partial charge in [0.2, 0.25) is 0 Å². The Balaban J connectivity index is 2.19. The van der Waals surface area contributed by atoms with E-state index in [1.165, 1.54) is 0 Å². The average Bonchev–Trinajstić information content (AvgIpc) is 2.99. The van der Waals surface area contributed by atoms with E-state index in [4.69, 9.17) is 23.7 Å². The molecule has 0 radical (unpaired) electrons. The lowest BCUT2D eigenvalue weighted by Crippen LogP contribution is -2.43. The van der Waals surface area contributed by atoms with Gasteiger partial charge < -0.3 is 33.5 Å². The van der Waals surface area contributed by atoms with Gasteiger partial charge in [-0.2, -0.15) is 0 Å². The van der Waals surface area contributed by atoms with Crippen LogP contribution in [0.1, 0.15) is 20.3 Å². The highest BCUT2D eigenvalue weighted by atomic mass is 16.6. The number of carbonyl (C=O) groups is 1. The molecule has 8 nitrogen and oxygen atoms in total. The molecule has 0 aliphatic carbocycles. The Labute approximate surface area is 150 Å². The minimum Gasteiger partial charge on any atom is -0.422 e. The zero-order valence-electron chi connectivity index (χ0n) is 15.6. The van der Waals surface area contributed by atoms with E-state index in [9.17, 15) is 4.79 Å². The highest BCUT2D eigenvalue weighted by Crippen LogP contribution is 2.17. The van der Waals surface area contributed by atoms with Crippen molar-refractivity contribution in [2.24, 2.45) is 0 Å². The third-order valence-corrected chi connectivity index (χ3v) is 3.57. The third-order valence-electron chi connectivity index (χ3n) is 3.57. The number of methoxy groups -OCH3 is 1. The summed E-state index contributed by atoms with van der Waals surface area (Å²) in [6.45, 7) is 9.04. The summed E-state index contributed by atoms with van der Waals surface area (Å²) in [5.41, 5.74) is 0. The summed E-state index contributed by atoms with van der Waals surface area (Å²) in [6, 6.07) is 0. The van der Waals surface area contributed by atoms with Crippen LogP contribution in [0.3, 0.4) is 0 Å². The molecule has 0 saturated carbocycles. The summed E-state index contributed by atoms with van der Waals surface area (Å²) < 4.78 is 26.5. The van der Waals surface area contributed by atoms with Crippen LogP contribution in [0, 0.1) is 0 Å². The molecule has 146 valence electrons. The van der Waals surface area contributed by atoms with E-state index in [1.54, 1.807) is 7.11 Å². The van der Waals surface area contributed by atoms with Gasteiger partial charge in [-0.25, -0.2) is 0 Å². The number of hydrogen-bond donors (Lipinski definition) is 0. The van der Waals surface area contributed by atoms with Gasteiger partial charge in [-0.05, 0) is 13.8 Å². The highest BCUT2D eigenvalue weighted by molar-refractivity contribution is 5.69. The van der Waals surface area contributed by atoms with E-state index in [-0.39, 0.29) is 12.4 Å². The SMILES string of the molecule is CCOCCN1C=CN(CC)C1OC(=O)CCOCCOCCOC. The molecule has 0 fully saturated rings. The maximum atomic E-state index is 12.0. The number of ether oxygens (including phenoxy) is 5. The molecule has 0 aromatic heterocycles. The van der Waals surface area contributed by atoms with Crippen LogP contribution in [0.25, 0.3) is 0 Å². The van der Waals surface area contributed by atoms with Gasteiger partial charge in [0, 0.05) is 39.2 Å². The number of hydrogen-bond acceptors (Lipinski definition) is 8. The first kappa shape index (κ1) is 21.7. The predicted molar refractivity (Wildman–Crippen MR) is 92.7 cm³/mol. The summed E-state index contributed by atoms with van der Waals surface area (Å²) in [7, 11) is 1.63. The molecular formula is C17H32N2O6. The lowest BCUT2D eigenvalue weighted by Gasteiger charge is -2.31. The van der Waals surface area contributed by atoms with Crippen molar-refractivity contribution in [1.82, 2.24) is 9.80 Å². The fourth-order valence-corrected chi connectivity index (χ4v) is 2.20. The smallest absolute Gasteiger partial charge is 0.311 e. The Morgan fingerprint density at radius 1 is 0.920 bits per heavy atom. The summed E-state index contributed by atoms with van der Waals surface area (Å²) in [4.78, 5) is 16.0. The van der Waals surface area contributed by atoms with Gasteiger partial charge in [-0.15, -0.1) is 0 Å². The van der Waals surface area contributed by atoms with Crippen molar-refractivity contribution in [2.45, 2.75) is 26.6 Å². The van der Waals surface area contributed by atoms with Gasteiger partial charge in [0.05, 0.1) is 46.1 Å². The van der Waals surface area contributed by atoms with Gasteiger partial charge in [-0.1, -0.05) is 0 Å². The molecule has 1 unspecified atom stereocenters. The minimum absolute atomic E-state index is 0.214. The molecular weight excluding hydrogens is 328 g/mol. The van der Waals surface area contributed by atoms with Crippen molar-refractivity contribution in [1.29, 1.82) is 0 Å². The lowest BCUT2D eigenvalue weighted by molar-refractivity contribution is -0.170. The van der Waals surface area contributed by atoms with Crippen molar-refractivity contribution in [3.8, 4) is 0 Å². The van der Waals surface area contributed by atoms with Crippen LogP contribution in [0.5, 0.6) is 0 Å². The van der Waals surface area contributed by atoms with Crippen LogP contribution in [-0.2, 0) is 28.5 Å². The second-order valence-electron chi connectivity index (χ2n) is 5.35. The maximum Gasteiger partial charge on any atom is 0.311 e. The average molecular weight is 360 g/mol. The van der Waals surface area contributed by atoms with Crippen LogP contribution in [0.4, 0.5) is 0 Å². The predicted octanol–water partition coefficient (Wildman–Crippen LogP) is 1.03. The van der Waals surface area contributed by atoms with Gasteiger partial charge in [0.1, 0.15) is 0 Å². The van der Waals surface area contributed by atoms with Crippen LogP contribution in [-0.4, -0.2) is 88.6 Å². The molecule has 1 heterocycles. The Hall–Kier alpha value is -1.35. The summed E-state index contributed by atoms with van der Waals surface area (Å²) in [5, 5.41) is 0. The maximum absolute atomic E-state index is 12.0. The Bertz CT molecular complexity index is 380. The monoisotopic (exact) mass is 360 g/mol. The molecule has 0 saturated heterocycles. The van der Waals surface area contributed by atoms with Gasteiger partial charge in [-0.3, -0.25) is 4.79 Å². The summed E-state index contributed by atoms with van der Waals surface area (Å²) in [6.07, 6.45) is 3.66. The van der Waals surface area contributed by atoms with Crippen molar-refractivity contribution < 1.29 is 28.5 Å². The van der Waals surface area contributed by atoms with Crippen molar-refractivity contribution >= 4 is 5.97 Å². The second kappa shape index (κ2) is 13.9. The molecule has 0 aromatic carbocycles. The highest BCUT2D eigenvalue weighted by Gasteiger charge is 2.28. The van der Waals surface area contributed by atoms with Crippen LogP contribution in [0.2, 0.25) is 0 Å². The molecule has 0 spiro atoms. The molecule has 1 rings (SSSR count). The standard InChI is InChI=1S/C17H32N2O6/c1-4-18-7-8-19(9-11-22-5-2)17(18)25-16(20)6-10-23-14-15-24-13-12-21-3/h7-8,17H,4-6,9-15H2,1-3H3. The first-order valence-corrected chi connectivity index (χ1v) is 8.84. The molecule has 0 N–H and O–H groups in total. The van der Waals surface area contributed by atoms with Crippen LogP contribution < -0.4 is 0 Å². The second-order valence-corrected chi connectivity index (χ2v) is 5.35. The van der Waals surface area contributed by atoms with E-state index >= 15 is 0 Å². The number of rotatable bonds is 15. The van der Waals surface area contributed by atoms with Gasteiger partial charge >= 0.3 is 5.97 Å². The third kappa shape index (κ3) is 9.06. The topological polar surface area (TPSA) is 69.7 Å². The fourth-order valence-electron chi connectivity index (χ4n) is 2.20. The van der Waals surface area contributed by atoms with E-state index in [0.717, 1.165) is 6.54 Å². The number of esters is 1. The first-order valence-electron chi connectivity index (χ1n) is 8.84. The summed E-state index contributed by atoms with van der Waals surface area (Å²) >= 11 is 0. The molecule has 25 heavy (non-hydrogen) atoms. The van der Waals surface area contributed by atoms with E-state index in [0.29, 0.717) is 52.8 Å². The normalized spacial score (nSPS) is 16.7. The lowest BCUT2D eigenvalue weighted by atomic mass is 10.4. The largest absolute Gasteiger partial charge is 0.422 e. The first-order chi connectivity index (χ1) is 12.2. The number of nitrogens with zero attached hydrogens (tertiary/aromatic N) is 2. The molecule has 1 atom stereocenters. The Kier molecular flexibility index (Phi) is 12.0. The fraction of sp³-hybridized carbons (Fsp3) is 0.824.